The molecule has 1 fully saturated rings. The van der Waals surface area contributed by atoms with Crippen molar-refractivity contribution in [1.29, 1.82) is 0 Å². The Balaban J connectivity index is 1.37. The van der Waals surface area contributed by atoms with Crippen LogP contribution in [-0.2, 0) is 23.2 Å². The van der Waals surface area contributed by atoms with Crippen LogP contribution in [0.15, 0.2) is 97.1 Å². The van der Waals surface area contributed by atoms with Crippen LogP contribution in [0.25, 0.3) is 28.0 Å². The van der Waals surface area contributed by atoms with Crippen molar-refractivity contribution in [3.8, 4) is 28.4 Å². The topological polar surface area (TPSA) is 40.2 Å². The van der Waals surface area contributed by atoms with Gasteiger partial charge in [-0.15, -0.1) is 0 Å². The molecule has 0 bridgehead atoms. The van der Waals surface area contributed by atoms with E-state index in [0.29, 0.717) is 5.75 Å². The van der Waals surface area contributed by atoms with Crippen molar-refractivity contribution in [3.05, 3.63) is 125 Å². The second kappa shape index (κ2) is 10.8. The molecule has 0 N–H and O–H groups in total. The Labute approximate surface area is 258 Å². The first-order valence-electron chi connectivity index (χ1n) is 15.4. The number of morpholine rings is 1. The van der Waals surface area contributed by atoms with E-state index in [4.69, 9.17) is 18.9 Å². The van der Waals surface area contributed by atoms with E-state index in [9.17, 15) is 0 Å². The van der Waals surface area contributed by atoms with E-state index >= 15 is 0 Å². The first-order chi connectivity index (χ1) is 21.7. The van der Waals surface area contributed by atoms with Gasteiger partial charge in [0, 0.05) is 41.0 Å². The predicted octanol–water partition coefficient (Wildman–Crippen LogP) is 7.81. The second-order valence-electron chi connectivity index (χ2n) is 11.7. The Bertz CT molecular complexity index is 1890. The molecule has 0 spiro atoms. The maximum absolute atomic E-state index is 7.48. The molecule has 1 saturated heterocycles. The number of fused-ring (bicyclic) bond motifs is 8. The fourth-order valence-corrected chi connectivity index (χ4v) is 7.24. The van der Waals surface area contributed by atoms with E-state index in [1.807, 2.05) is 0 Å². The average molecular weight is 582 g/mol. The van der Waals surface area contributed by atoms with Gasteiger partial charge in [0.2, 0.25) is 0 Å². The van der Waals surface area contributed by atoms with Crippen molar-refractivity contribution in [3.63, 3.8) is 0 Å². The molecule has 0 amide bonds. The molecule has 5 aromatic carbocycles. The third kappa shape index (κ3) is 4.18. The summed E-state index contributed by atoms with van der Waals surface area (Å²) in [5, 5.41) is 2.29. The molecule has 0 aromatic heterocycles. The summed E-state index contributed by atoms with van der Waals surface area (Å²) >= 11 is 0. The summed E-state index contributed by atoms with van der Waals surface area (Å²) in [6, 6.07) is 32.5. The molecule has 1 atom stereocenters. The van der Waals surface area contributed by atoms with Gasteiger partial charge in [0.25, 0.3) is 0 Å². The first-order valence-corrected chi connectivity index (χ1v) is 15.4. The number of methoxy groups -OCH3 is 2. The number of anilines is 1. The van der Waals surface area contributed by atoms with Crippen LogP contribution in [0.1, 0.15) is 27.8 Å². The molecule has 5 heteroatoms. The molecule has 5 aromatic rings. The zero-order chi connectivity index (χ0) is 29.7. The van der Waals surface area contributed by atoms with Crippen molar-refractivity contribution in [2.45, 2.75) is 18.4 Å². The van der Waals surface area contributed by atoms with Crippen LogP contribution in [0.3, 0.4) is 0 Å². The smallest absolute Gasteiger partial charge is 0.178 e. The number of aryl methyl sites for hydroxylation is 2. The van der Waals surface area contributed by atoms with Crippen LogP contribution < -0.4 is 19.1 Å². The Morgan fingerprint density at radius 2 is 1.41 bits per heavy atom. The van der Waals surface area contributed by atoms with Gasteiger partial charge in [-0.3, -0.25) is 0 Å². The Kier molecular flexibility index (Phi) is 6.57. The van der Waals surface area contributed by atoms with Gasteiger partial charge in [0.15, 0.2) is 17.1 Å². The third-order valence-corrected chi connectivity index (χ3v) is 9.47. The van der Waals surface area contributed by atoms with Gasteiger partial charge in [0.05, 0.1) is 27.4 Å². The minimum absolute atomic E-state index is 0.713. The minimum Gasteiger partial charge on any atom is -0.493 e. The average Bonchev–Trinajstić information content (AvgIpc) is 3.11. The molecule has 1 unspecified atom stereocenters. The van der Waals surface area contributed by atoms with Gasteiger partial charge in [-0.25, -0.2) is 0 Å². The SMILES string of the molecule is COc1cc2c3c(c4c(c2cc1OC)CCc1ccccc1-4)OC(c1ccccc1)(c1ccc(N2CCOCC2)cc1)C=C3. The van der Waals surface area contributed by atoms with E-state index < -0.39 is 5.60 Å². The number of ether oxygens (including phenoxy) is 4. The van der Waals surface area contributed by atoms with Crippen molar-refractivity contribution < 1.29 is 18.9 Å². The van der Waals surface area contributed by atoms with Crippen molar-refractivity contribution >= 4 is 22.5 Å². The lowest BCUT2D eigenvalue weighted by atomic mass is 9.78. The van der Waals surface area contributed by atoms with Crippen LogP contribution in [0.5, 0.6) is 17.2 Å². The number of nitrogens with zero attached hydrogens (tertiary/aromatic N) is 1. The van der Waals surface area contributed by atoms with Crippen LogP contribution in [0, 0.1) is 0 Å². The summed E-state index contributed by atoms with van der Waals surface area (Å²) < 4.78 is 24.6. The maximum Gasteiger partial charge on any atom is 0.178 e. The van der Waals surface area contributed by atoms with Crippen molar-refractivity contribution in [1.82, 2.24) is 0 Å². The Hall–Kier alpha value is -4.74. The van der Waals surface area contributed by atoms with E-state index in [1.54, 1.807) is 14.2 Å². The Morgan fingerprint density at radius 1 is 0.727 bits per heavy atom. The monoisotopic (exact) mass is 581 g/mol. The fourth-order valence-electron chi connectivity index (χ4n) is 7.24. The molecule has 220 valence electrons. The largest absolute Gasteiger partial charge is 0.493 e. The van der Waals surface area contributed by atoms with Gasteiger partial charge >= 0.3 is 0 Å². The van der Waals surface area contributed by atoms with Gasteiger partial charge in [-0.2, -0.15) is 0 Å². The quantitative estimate of drug-likeness (QED) is 0.212. The molecular formula is C39H35NO4. The highest BCUT2D eigenvalue weighted by Crippen LogP contribution is 2.53. The minimum atomic E-state index is -0.803. The Morgan fingerprint density at radius 3 is 2.16 bits per heavy atom. The summed E-state index contributed by atoms with van der Waals surface area (Å²) in [5.41, 5.74) is 8.70. The van der Waals surface area contributed by atoms with Crippen molar-refractivity contribution in [2.24, 2.45) is 0 Å². The molecular weight excluding hydrogens is 546 g/mol. The lowest BCUT2D eigenvalue weighted by molar-refractivity contribution is 0.122. The number of benzene rings is 5. The lowest BCUT2D eigenvalue weighted by Crippen LogP contribution is -2.37. The second-order valence-corrected chi connectivity index (χ2v) is 11.7. The highest BCUT2D eigenvalue weighted by molar-refractivity contribution is 6.04. The van der Waals surface area contributed by atoms with E-state index in [2.05, 4.69) is 108 Å². The van der Waals surface area contributed by atoms with E-state index in [-0.39, 0.29) is 0 Å². The molecule has 3 aliphatic rings. The van der Waals surface area contributed by atoms with Crippen LogP contribution >= 0.6 is 0 Å². The van der Waals surface area contributed by atoms with Crippen LogP contribution in [-0.4, -0.2) is 40.5 Å². The highest BCUT2D eigenvalue weighted by atomic mass is 16.5. The first kappa shape index (κ1) is 26.9. The summed E-state index contributed by atoms with van der Waals surface area (Å²) in [7, 11) is 3.39. The van der Waals surface area contributed by atoms with Crippen molar-refractivity contribution in [2.75, 3.05) is 45.4 Å². The maximum atomic E-state index is 7.48. The predicted molar refractivity (Wildman–Crippen MR) is 176 cm³/mol. The molecule has 0 saturated carbocycles. The van der Waals surface area contributed by atoms with Crippen LogP contribution in [0.2, 0.25) is 0 Å². The molecule has 44 heavy (non-hydrogen) atoms. The lowest BCUT2D eigenvalue weighted by Gasteiger charge is -2.39. The highest BCUT2D eigenvalue weighted by Gasteiger charge is 2.40. The molecule has 8 rings (SSSR count). The summed E-state index contributed by atoms with van der Waals surface area (Å²) in [4.78, 5) is 2.39. The normalized spacial score (nSPS) is 18.6. The molecule has 2 heterocycles. The summed E-state index contributed by atoms with van der Waals surface area (Å²) in [6.45, 7) is 3.32. The standard InChI is InChI=1S/C39H35NO4/c1-41-35-24-33-31-17-12-26-8-6-7-11-30(26)37(31)38-32(34(33)25-36(35)42-2)18-19-39(44-38,27-9-4-3-5-10-27)28-13-15-29(16-14-28)40-20-22-43-23-21-40/h3-11,13-16,18-19,24-25H,12,17,20-23H2,1-2H3. The number of hydrogen-bond acceptors (Lipinski definition) is 5. The number of hydrogen-bond donors (Lipinski definition) is 0. The summed E-state index contributed by atoms with van der Waals surface area (Å²) in [5.74, 6) is 2.36. The molecule has 1 aliphatic carbocycles. The van der Waals surface area contributed by atoms with E-state index in [0.717, 1.165) is 72.7 Å². The van der Waals surface area contributed by atoms with Gasteiger partial charge < -0.3 is 23.8 Å². The van der Waals surface area contributed by atoms with E-state index in [1.165, 1.54) is 33.3 Å². The summed E-state index contributed by atoms with van der Waals surface area (Å²) in [6.07, 6.45) is 6.39. The molecule has 2 aliphatic heterocycles. The molecule has 0 radical (unpaired) electrons. The van der Waals surface area contributed by atoms with Crippen LogP contribution in [0.4, 0.5) is 5.69 Å². The van der Waals surface area contributed by atoms with Gasteiger partial charge in [-0.1, -0.05) is 66.7 Å². The van der Waals surface area contributed by atoms with Gasteiger partial charge in [-0.05, 0) is 76.7 Å². The fraction of sp³-hybridized carbons (Fsp3) is 0.231. The third-order valence-electron chi connectivity index (χ3n) is 9.47. The number of rotatable bonds is 5. The van der Waals surface area contributed by atoms with Gasteiger partial charge in [0.1, 0.15) is 5.75 Å². The zero-order valence-corrected chi connectivity index (χ0v) is 25.1. The zero-order valence-electron chi connectivity index (χ0n) is 25.1. The molecule has 5 nitrogen and oxygen atoms in total.